The lowest BCUT2D eigenvalue weighted by Gasteiger charge is -2.19. The van der Waals surface area contributed by atoms with Gasteiger partial charge in [-0.25, -0.2) is 9.78 Å². The van der Waals surface area contributed by atoms with Crippen molar-refractivity contribution < 1.29 is 23.3 Å². The second kappa shape index (κ2) is 8.34. The van der Waals surface area contributed by atoms with Crippen LogP contribution in [0.15, 0.2) is 58.7 Å². The Hall–Kier alpha value is -3.68. The Bertz CT molecular complexity index is 1010. The van der Waals surface area contributed by atoms with Crippen LogP contribution < -0.4 is 0 Å². The number of pyridine rings is 1. The summed E-state index contributed by atoms with van der Waals surface area (Å²) in [5.74, 6) is -0.576. The van der Waals surface area contributed by atoms with Crippen LogP contribution in [0.25, 0.3) is 22.6 Å². The molecule has 8 nitrogen and oxygen atoms in total. The van der Waals surface area contributed by atoms with E-state index >= 15 is 0 Å². The molecule has 1 amide bonds. The van der Waals surface area contributed by atoms with Gasteiger partial charge in [0.05, 0.1) is 22.9 Å². The predicted octanol–water partition coefficient (Wildman–Crippen LogP) is 3.15. The number of carbonyl (C=O) groups excluding carboxylic acids is 2. The van der Waals surface area contributed by atoms with Crippen LogP contribution in [-0.2, 0) is 9.53 Å². The van der Waals surface area contributed by atoms with Crippen molar-refractivity contribution in [3.05, 3.63) is 61.0 Å². The molecule has 0 aliphatic carbocycles. The molecule has 3 rings (SSSR count). The van der Waals surface area contributed by atoms with Crippen LogP contribution >= 0.6 is 0 Å². The Kier molecular flexibility index (Phi) is 5.69. The zero-order valence-corrected chi connectivity index (χ0v) is 15.4. The first-order chi connectivity index (χ1) is 13.5. The van der Waals surface area contributed by atoms with Gasteiger partial charge in [-0.05, 0) is 25.1 Å². The molecule has 3 heterocycles. The highest BCUT2D eigenvalue weighted by Crippen LogP contribution is 2.27. The van der Waals surface area contributed by atoms with E-state index in [0.717, 1.165) is 0 Å². The van der Waals surface area contributed by atoms with Crippen molar-refractivity contribution in [1.82, 2.24) is 15.0 Å². The molecule has 0 fully saturated rings. The van der Waals surface area contributed by atoms with Crippen molar-refractivity contribution in [2.45, 2.75) is 6.92 Å². The number of esters is 1. The Labute approximate surface area is 161 Å². The number of hydrogen-bond donors (Lipinski definition) is 0. The summed E-state index contributed by atoms with van der Waals surface area (Å²) < 4.78 is 15.8. The number of hydrogen-bond acceptors (Lipinski definition) is 7. The SMILES string of the molecule is C=CCN(CC=C)C(=O)COC(=O)c1cc(-c2ccco2)nc2onc(C)c12. The largest absolute Gasteiger partial charge is 0.463 e. The lowest BCUT2D eigenvalue weighted by molar-refractivity contribution is -0.133. The van der Waals surface area contributed by atoms with E-state index in [9.17, 15) is 9.59 Å². The van der Waals surface area contributed by atoms with Gasteiger partial charge in [0.15, 0.2) is 12.4 Å². The normalized spacial score (nSPS) is 10.6. The van der Waals surface area contributed by atoms with E-state index in [2.05, 4.69) is 23.3 Å². The molecule has 0 aliphatic rings. The van der Waals surface area contributed by atoms with Gasteiger partial charge in [-0.2, -0.15) is 0 Å². The van der Waals surface area contributed by atoms with Gasteiger partial charge in [-0.1, -0.05) is 17.3 Å². The van der Waals surface area contributed by atoms with Gasteiger partial charge in [0.2, 0.25) is 0 Å². The predicted molar refractivity (Wildman–Crippen MR) is 101 cm³/mol. The van der Waals surface area contributed by atoms with E-state index in [-0.39, 0.29) is 17.2 Å². The number of amides is 1. The highest BCUT2D eigenvalue weighted by molar-refractivity contribution is 6.04. The van der Waals surface area contributed by atoms with Crippen LogP contribution in [0.2, 0.25) is 0 Å². The van der Waals surface area contributed by atoms with E-state index in [4.69, 9.17) is 13.7 Å². The average Bonchev–Trinajstić information content (AvgIpc) is 3.35. The molecular weight excluding hydrogens is 362 g/mol. The maximum atomic E-state index is 12.7. The molecule has 0 atom stereocenters. The van der Waals surface area contributed by atoms with Crippen molar-refractivity contribution in [2.75, 3.05) is 19.7 Å². The maximum absolute atomic E-state index is 12.7. The van der Waals surface area contributed by atoms with Crippen molar-refractivity contribution in [3.8, 4) is 11.5 Å². The fourth-order valence-corrected chi connectivity index (χ4v) is 2.69. The summed E-state index contributed by atoms with van der Waals surface area (Å²) in [6, 6.07) is 4.94. The van der Waals surface area contributed by atoms with E-state index < -0.39 is 12.6 Å². The number of rotatable bonds is 8. The average molecular weight is 381 g/mol. The monoisotopic (exact) mass is 381 g/mol. The molecule has 3 aromatic rings. The van der Waals surface area contributed by atoms with Gasteiger partial charge in [-0.15, -0.1) is 13.2 Å². The minimum atomic E-state index is -0.683. The van der Waals surface area contributed by atoms with Crippen molar-refractivity contribution in [1.29, 1.82) is 0 Å². The maximum Gasteiger partial charge on any atom is 0.339 e. The summed E-state index contributed by atoms with van der Waals surface area (Å²) in [7, 11) is 0. The first-order valence-corrected chi connectivity index (χ1v) is 8.52. The van der Waals surface area contributed by atoms with Crippen molar-refractivity contribution in [3.63, 3.8) is 0 Å². The van der Waals surface area contributed by atoms with Crippen LogP contribution in [-0.4, -0.2) is 46.6 Å². The number of ether oxygens (including phenoxy) is 1. The molecule has 0 saturated heterocycles. The third-order valence-electron chi connectivity index (χ3n) is 3.99. The highest BCUT2D eigenvalue weighted by Gasteiger charge is 2.22. The van der Waals surface area contributed by atoms with Crippen LogP contribution in [0.1, 0.15) is 16.1 Å². The lowest BCUT2D eigenvalue weighted by atomic mass is 10.1. The third kappa shape index (κ3) is 3.85. The molecule has 0 bridgehead atoms. The fraction of sp³-hybridized carbons (Fsp3) is 0.200. The molecular formula is C20H19N3O5. The molecule has 0 unspecified atom stereocenters. The molecule has 3 aromatic heterocycles. The van der Waals surface area contributed by atoms with Gasteiger partial charge in [-0.3, -0.25) is 4.79 Å². The summed E-state index contributed by atoms with van der Waals surface area (Å²) in [6.45, 7) is 9.16. The molecule has 8 heteroatoms. The molecule has 144 valence electrons. The van der Waals surface area contributed by atoms with Crippen LogP contribution in [0.5, 0.6) is 0 Å². The summed E-state index contributed by atoms with van der Waals surface area (Å²) in [6.07, 6.45) is 4.68. The molecule has 0 N–H and O–H groups in total. The van der Waals surface area contributed by atoms with Gasteiger partial charge in [0.25, 0.3) is 11.6 Å². The van der Waals surface area contributed by atoms with Gasteiger partial charge in [0, 0.05) is 13.1 Å². The zero-order chi connectivity index (χ0) is 20.1. The van der Waals surface area contributed by atoms with Crippen LogP contribution in [0.3, 0.4) is 0 Å². The third-order valence-corrected chi connectivity index (χ3v) is 3.99. The summed E-state index contributed by atoms with van der Waals surface area (Å²) in [4.78, 5) is 30.8. The zero-order valence-electron chi connectivity index (χ0n) is 15.4. The topological polar surface area (TPSA) is 98.7 Å². The summed E-state index contributed by atoms with van der Waals surface area (Å²) in [5.41, 5.74) is 1.27. The number of nitrogens with zero attached hydrogens (tertiary/aromatic N) is 3. The smallest absolute Gasteiger partial charge is 0.339 e. The van der Waals surface area contributed by atoms with Crippen molar-refractivity contribution >= 4 is 23.0 Å². The van der Waals surface area contributed by atoms with Gasteiger partial charge < -0.3 is 18.6 Å². The number of furan rings is 1. The second-order valence-electron chi connectivity index (χ2n) is 5.93. The highest BCUT2D eigenvalue weighted by atomic mass is 16.5. The van der Waals surface area contributed by atoms with E-state index in [1.165, 1.54) is 17.2 Å². The van der Waals surface area contributed by atoms with E-state index in [1.54, 1.807) is 31.2 Å². The van der Waals surface area contributed by atoms with Crippen molar-refractivity contribution in [2.24, 2.45) is 0 Å². The summed E-state index contributed by atoms with van der Waals surface area (Å²) >= 11 is 0. The molecule has 0 aliphatic heterocycles. The molecule has 0 saturated carbocycles. The number of carbonyl (C=O) groups is 2. The molecule has 0 spiro atoms. The molecule has 0 aromatic carbocycles. The Morgan fingerprint density at radius 2 is 2.04 bits per heavy atom. The summed E-state index contributed by atoms with van der Waals surface area (Å²) in [5, 5.41) is 4.29. The molecule has 28 heavy (non-hydrogen) atoms. The van der Waals surface area contributed by atoms with Gasteiger partial charge >= 0.3 is 5.97 Å². The fourth-order valence-electron chi connectivity index (χ4n) is 2.69. The molecule has 0 radical (unpaired) electrons. The second-order valence-corrected chi connectivity index (χ2v) is 5.93. The number of aryl methyl sites for hydroxylation is 1. The first-order valence-electron chi connectivity index (χ1n) is 8.52. The minimum Gasteiger partial charge on any atom is -0.463 e. The minimum absolute atomic E-state index is 0.185. The lowest BCUT2D eigenvalue weighted by Crippen LogP contribution is -2.35. The first kappa shape index (κ1) is 19.1. The Morgan fingerprint density at radius 3 is 2.68 bits per heavy atom. The van der Waals surface area contributed by atoms with Crippen LogP contribution in [0.4, 0.5) is 0 Å². The Morgan fingerprint density at radius 1 is 1.29 bits per heavy atom. The van der Waals surface area contributed by atoms with E-state index in [0.29, 0.717) is 35.6 Å². The van der Waals surface area contributed by atoms with Gasteiger partial charge in [0.1, 0.15) is 5.69 Å². The number of aromatic nitrogens is 2. The Balaban J connectivity index is 1.86. The quantitative estimate of drug-likeness (QED) is 0.436. The van der Waals surface area contributed by atoms with Crippen LogP contribution in [0, 0.1) is 6.92 Å². The standard InChI is InChI=1S/C20H19N3O5/c1-4-8-23(9-5-2)17(24)12-27-20(25)14-11-15(16-7-6-10-26-16)21-19-18(14)13(3)22-28-19/h4-7,10-11H,1-2,8-9,12H2,3H3. The number of fused-ring (bicyclic) bond motifs is 1. The van der Waals surface area contributed by atoms with E-state index in [1.807, 2.05) is 0 Å².